The van der Waals surface area contributed by atoms with Crippen LogP contribution in [-0.2, 0) is 4.74 Å². The highest BCUT2D eigenvalue weighted by Gasteiger charge is 2.28. The normalized spacial score (nSPS) is 23.3. The lowest BCUT2D eigenvalue weighted by molar-refractivity contribution is 0.105. The van der Waals surface area contributed by atoms with Gasteiger partial charge in [0.2, 0.25) is 0 Å². The van der Waals surface area contributed by atoms with E-state index in [4.69, 9.17) is 9.72 Å². The Morgan fingerprint density at radius 1 is 1.33 bits per heavy atom. The van der Waals surface area contributed by atoms with Crippen molar-refractivity contribution in [1.29, 1.82) is 0 Å². The van der Waals surface area contributed by atoms with E-state index in [0.717, 1.165) is 44.1 Å². The van der Waals surface area contributed by atoms with E-state index in [2.05, 4.69) is 23.3 Å². The second-order valence-electron chi connectivity index (χ2n) is 5.24. The number of ether oxygens (including phenoxy) is 1. The van der Waals surface area contributed by atoms with Crippen LogP contribution in [0.5, 0.6) is 0 Å². The zero-order valence-electron chi connectivity index (χ0n) is 11.0. The lowest BCUT2D eigenvalue weighted by Gasteiger charge is -2.12. The molecule has 98 valence electrons. The molecule has 1 aromatic rings. The van der Waals surface area contributed by atoms with Crippen molar-refractivity contribution < 1.29 is 4.74 Å². The average molecular weight is 247 g/mol. The van der Waals surface area contributed by atoms with Crippen LogP contribution in [0.2, 0.25) is 0 Å². The van der Waals surface area contributed by atoms with Crippen LogP contribution in [0.3, 0.4) is 0 Å². The molecule has 1 saturated carbocycles. The maximum atomic E-state index is 5.70. The molecule has 4 nitrogen and oxygen atoms in total. The Hall–Kier alpha value is -1.16. The maximum Gasteiger partial charge on any atom is 0.159 e. The fourth-order valence-corrected chi connectivity index (χ4v) is 2.34. The predicted molar refractivity (Wildman–Crippen MR) is 70.7 cm³/mol. The first-order valence-electron chi connectivity index (χ1n) is 7.11. The second kappa shape index (κ2) is 5.22. The van der Waals surface area contributed by atoms with Gasteiger partial charge in [-0.3, -0.25) is 0 Å². The van der Waals surface area contributed by atoms with E-state index in [1.165, 1.54) is 18.5 Å². The molecule has 2 heterocycles. The number of aromatic nitrogens is 2. The minimum absolute atomic E-state index is 0.117. The van der Waals surface area contributed by atoms with Crippen molar-refractivity contribution in [2.45, 2.75) is 51.0 Å². The average Bonchev–Trinajstić information content (AvgIpc) is 3.11. The summed E-state index contributed by atoms with van der Waals surface area (Å²) in [6, 6.07) is 2.12. The number of hydrogen-bond donors (Lipinski definition) is 1. The molecule has 1 aliphatic carbocycles. The fraction of sp³-hybridized carbons (Fsp3) is 0.714. The summed E-state index contributed by atoms with van der Waals surface area (Å²) >= 11 is 0. The van der Waals surface area contributed by atoms with Crippen LogP contribution in [-0.4, -0.2) is 23.1 Å². The van der Waals surface area contributed by atoms with Crippen molar-refractivity contribution >= 4 is 5.82 Å². The molecule has 3 rings (SSSR count). The molecular formula is C14H21N3O. The summed E-state index contributed by atoms with van der Waals surface area (Å²) < 4.78 is 5.70. The number of anilines is 1. The molecule has 4 heteroatoms. The van der Waals surface area contributed by atoms with E-state index in [1.807, 2.05) is 0 Å². The summed E-state index contributed by atoms with van der Waals surface area (Å²) in [4.78, 5) is 9.33. The van der Waals surface area contributed by atoms with Crippen molar-refractivity contribution in [2.24, 2.45) is 0 Å². The number of rotatable bonds is 5. The molecular weight excluding hydrogens is 226 g/mol. The van der Waals surface area contributed by atoms with Gasteiger partial charge < -0.3 is 10.1 Å². The van der Waals surface area contributed by atoms with Gasteiger partial charge in [-0.2, -0.15) is 0 Å². The van der Waals surface area contributed by atoms with E-state index in [0.29, 0.717) is 5.92 Å². The largest absolute Gasteiger partial charge is 0.370 e. The molecule has 2 aliphatic rings. The van der Waals surface area contributed by atoms with Crippen molar-refractivity contribution in [3.63, 3.8) is 0 Å². The highest BCUT2D eigenvalue weighted by Crippen LogP contribution is 2.40. The van der Waals surface area contributed by atoms with E-state index in [1.54, 1.807) is 0 Å². The third kappa shape index (κ3) is 2.64. The molecule has 1 N–H and O–H groups in total. The van der Waals surface area contributed by atoms with Gasteiger partial charge in [-0.25, -0.2) is 9.97 Å². The monoisotopic (exact) mass is 247 g/mol. The van der Waals surface area contributed by atoms with Crippen LogP contribution in [0.15, 0.2) is 6.07 Å². The summed E-state index contributed by atoms with van der Waals surface area (Å²) in [5.74, 6) is 2.52. The highest BCUT2D eigenvalue weighted by molar-refractivity contribution is 5.38. The predicted octanol–water partition coefficient (Wildman–Crippen LogP) is 3.03. The Bertz CT molecular complexity index is 412. The molecule has 0 amide bonds. The van der Waals surface area contributed by atoms with Gasteiger partial charge >= 0.3 is 0 Å². The zero-order chi connectivity index (χ0) is 12.4. The van der Waals surface area contributed by atoms with E-state index < -0.39 is 0 Å². The lowest BCUT2D eigenvalue weighted by atomic mass is 10.2. The van der Waals surface area contributed by atoms with E-state index in [-0.39, 0.29) is 6.10 Å². The third-order valence-corrected chi connectivity index (χ3v) is 3.53. The highest BCUT2D eigenvalue weighted by atomic mass is 16.5. The van der Waals surface area contributed by atoms with Gasteiger partial charge in [0, 0.05) is 30.8 Å². The number of hydrogen-bond acceptors (Lipinski definition) is 4. The molecule has 2 fully saturated rings. The van der Waals surface area contributed by atoms with Crippen LogP contribution < -0.4 is 5.32 Å². The van der Waals surface area contributed by atoms with Crippen LogP contribution >= 0.6 is 0 Å². The quantitative estimate of drug-likeness (QED) is 0.868. The van der Waals surface area contributed by atoms with Gasteiger partial charge in [-0.05, 0) is 32.1 Å². The zero-order valence-corrected chi connectivity index (χ0v) is 11.0. The topological polar surface area (TPSA) is 47.0 Å². The van der Waals surface area contributed by atoms with Crippen LogP contribution in [0.25, 0.3) is 0 Å². The molecule has 1 unspecified atom stereocenters. The van der Waals surface area contributed by atoms with Crippen LogP contribution in [0.1, 0.15) is 62.6 Å². The van der Waals surface area contributed by atoms with Crippen LogP contribution in [0.4, 0.5) is 5.82 Å². The van der Waals surface area contributed by atoms with Gasteiger partial charge in [0.05, 0.1) is 0 Å². The SMILES string of the molecule is CCCNc1cc(C2CC2)nc(C2CCCO2)n1. The van der Waals surface area contributed by atoms with Gasteiger partial charge in [0.1, 0.15) is 11.9 Å². The fourth-order valence-electron chi connectivity index (χ4n) is 2.34. The minimum atomic E-state index is 0.117. The molecule has 18 heavy (non-hydrogen) atoms. The Balaban J connectivity index is 1.83. The number of nitrogens with one attached hydrogen (secondary N) is 1. The summed E-state index contributed by atoms with van der Waals surface area (Å²) in [7, 11) is 0. The number of nitrogens with zero attached hydrogens (tertiary/aromatic N) is 2. The molecule has 1 saturated heterocycles. The van der Waals surface area contributed by atoms with Gasteiger partial charge in [-0.1, -0.05) is 6.92 Å². The van der Waals surface area contributed by atoms with Crippen molar-refractivity contribution in [1.82, 2.24) is 9.97 Å². The second-order valence-corrected chi connectivity index (χ2v) is 5.24. The van der Waals surface area contributed by atoms with Crippen molar-refractivity contribution in [3.05, 3.63) is 17.6 Å². The summed E-state index contributed by atoms with van der Waals surface area (Å²) in [6.45, 7) is 3.97. The van der Waals surface area contributed by atoms with Gasteiger partial charge in [0.15, 0.2) is 5.82 Å². The van der Waals surface area contributed by atoms with Crippen molar-refractivity contribution in [2.75, 3.05) is 18.5 Å². The smallest absolute Gasteiger partial charge is 0.159 e. The molecule has 0 spiro atoms. The molecule has 1 aliphatic heterocycles. The first-order valence-corrected chi connectivity index (χ1v) is 7.11. The maximum absolute atomic E-state index is 5.70. The third-order valence-electron chi connectivity index (χ3n) is 3.53. The van der Waals surface area contributed by atoms with Crippen molar-refractivity contribution in [3.8, 4) is 0 Å². The molecule has 1 aromatic heterocycles. The lowest BCUT2D eigenvalue weighted by Crippen LogP contribution is -2.10. The molecule has 0 bridgehead atoms. The molecule has 1 atom stereocenters. The Labute approximate surface area is 108 Å². The first-order chi connectivity index (χ1) is 8.86. The summed E-state index contributed by atoms with van der Waals surface area (Å²) in [5.41, 5.74) is 1.20. The standard InChI is InChI=1S/C14H21N3O/c1-2-7-15-13-9-11(10-5-6-10)16-14(17-13)12-4-3-8-18-12/h9-10,12H,2-8H2,1H3,(H,15,16,17). The summed E-state index contributed by atoms with van der Waals surface area (Å²) in [5, 5.41) is 3.37. The molecule has 0 aromatic carbocycles. The Morgan fingerprint density at radius 2 is 2.22 bits per heavy atom. The van der Waals surface area contributed by atoms with Crippen LogP contribution in [0, 0.1) is 0 Å². The molecule has 0 radical (unpaired) electrons. The van der Waals surface area contributed by atoms with E-state index in [9.17, 15) is 0 Å². The Kier molecular flexibility index (Phi) is 3.46. The first kappa shape index (κ1) is 11.9. The van der Waals surface area contributed by atoms with Gasteiger partial charge in [0.25, 0.3) is 0 Å². The Morgan fingerprint density at radius 3 is 2.89 bits per heavy atom. The minimum Gasteiger partial charge on any atom is -0.370 e. The van der Waals surface area contributed by atoms with Gasteiger partial charge in [-0.15, -0.1) is 0 Å². The summed E-state index contributed by atoms with van der Waals surface area (Å²) in [6.07, 6.45) is 5.95. The van der Waals surface area contributed by atoms with E-state index >= 15 is 0 Å².